The highest BCUT2D eigenvalue weighted by Gasteiger charge is 2.55. The Morgan fingerprint density at radius 3 is 2.56 bits per heavy atom. The zero-order valence-corrected chi connectivity index (χ0v) is 14.3. The Bertz CT molecular complexity index is 840. The zero-order chi connectivity index (χ0) is 17.4. The van der Waals surface area contributed by atoms with Crippen LogP contribution in [0.1, 0.15) is 37.3 Å². The smallest absolute Gasteiger partial charge is 0.316 e. The van der Waals surface area contributed by atoms with Crippen molar-refractivity contribution < 1.29 is 4.79 Å². The van der Waals surface area contributed by atoms with Gasteiger partial charge in [-0.25, -0.2) is 9.48 Å². The zero-order valence-electron chi connectivity index (χ0n) is 14.3. The second kappa shape index (κ2) is 6.02. The van der Waals surface area contributed by atoms with E-state index in [-0.39, 0.29) is 23.0 Å². The molecule has 2 heterocycles. The summed E-state index contributed by atoms with van der Waals surface area (Å²) < 4.78 is 1.22. The van der Waals surface area contributed by atoms with Gasteiger partial charge in [-0.15, -0.1) is 0 Å². The maximum atomic E-state index is 12.8. The molecule has 130 valence electrons. The highest BCUT2D eigenvalue weighted by Crippen LogP contribution is 2.58. The van der Waals surface area contributed by atoms with Crippen LogP contribution in [0, 0.1) is 5.41 Å². The second-order valence-corrected chi connectivity index (χ2v) is 7.12. The molecule has 1 atom stereocenters. The van der Waals surface area contributed by atoms with E-state index in [4.69, 9.17) is 0 Å². The molecular weight excluding hydrogens is 316 g/mol. The maximum Gasteiger partial charge on any atom is 0.323 e. The number of hydrogen-bond donors (Lipinski definition) is 1. The predicted molar refractivity (Wildman–Crippen MR) is 95.3 cm³/mol. The normalized spacial score (nSPS) is 21.2. The molecule has 6 heteroatoms. The van der Waals surface area contributed by atoms with E-state index >= 15 is 0 Å². The Balaban J connectivity index is 1.57. The lowest BCUT2D eigenvalue weighted by Crippen LogP contribution is -2.60. The van der Waals surface area contributed by atoms with Crippen LogP contribution in [0.2, 0.25) is 0 Å². The summed E-state index contributed by atoms with van der Waals surface area (Å²) in [6, 6.07) is 13.2. The van der Waals surface area contributed by atoms with Crippen molar-refractivity contribution in [1.29, 1.82) is 0 Å². The summed E-state index contributed by atoms with van der Waals surface area (Å²) in [4.78, 5) is 26.1. The van der Waals surface area contributed by atoms with E-state index in [0.717, 1.165) is 6.54 Å². The molecule has 1 unspecified atom stereocenters. The fraction of sp³-hybridized carbons (Fsp3) is 0.421. The van der Waals surface area contributed by atoms with Crippen molar-refractivity contribution in [3.8, 4) is 0 Å². The number of nitrogens with zero attached hydrogens (tertiary/aromatic N) is 3. The van der Waals surface area contributed by atoms with Crippen LogP contribution in [0.15, 0.2) is 47.3 Å². The summed E-state index contributed by atoms with van der Waals surface area (Å²) in [5, 5.41) is 6.92. The van der Waals surface area contributed by atoms with Gasteiger partial charge in [-0.05, 0) is 24.5 Å². The fourth-order valence-corrected chi connectivity index (χ4v) is 4.35. The van der Waals surface area contributed by atoms with Gasteiger partial charge in [-0.1, -0.05) is 43.2 Å². The first-order valence-electron chi connectivity index (χ1n) is 8.76. The van der Waals surface area contributed by atoms with Gasteiger partial charge in [-0.3, -0.25) is 10.1 Å². The molecule has 25 heavy (non-hydrogen) atoms. The molecule has 2 amide bonds. The molecule has 2 fully saturated rings. The molecule has 2 aliphatic rings. The quantitative estimate of drug-likeness (QED) is 0.915. The lowest BCUT2D eigenvalue weighted by Gasteiger charge is -2.56. The van der Waals surface area contributed by atoms with E-state index < -0.39 is 0 Å². The van der Waals surface area contributed by atoms with Crippen LogP contribution < -0.4 is 10.9 Å². The van der Waals surface area contributed by atoms with Gasteiger partial charge in [0.15, 0.2) is 5.82 Å². The number of hydrogen-bond acceptors (Lipinski definition) is 3. The monoisotopic (exact) mass is 338 g/mol. The molecule has 4 rings (SSSR count). The van der Waals surface area contributed by atoms with Crippen molar-refractivity contribution in [3.05, 3.63) is 58.4 Å². The molecule has 0 bridgehead atoms. The number of anilines is 1. The fourth-order valence-electron chi connectivity index (χ4n) is 4.35. The van der Waals surface area contributed by atoms with Crippen LogP contribution in [0.4, 0.5) is 10.6 Å². The summed E-state index contributed by atoms with van der Waals surface area (Å²) >= 11 is 0. The molecule has 1 aromatic heterocycles. The van der Waals surface area contributed by atoms with Crippen molar-refractivity contribution in [2.24, 2.45) is 12.5 Å². The Labute approximate surface area is 146 Å². The van der Waals surface area contributed by atoms with Gasteiger partial charge in [0.2, 0.25) is 0 Å². The first kappa shape index (κ1) is 15.9. The Morgan fingerprint density at radius 2 is 1.88 bits per heavy atom. The third-order valence-electron chi connectivity index (χ3n) is 5.55. The van der Waals surface area contributed by atoms with Crippen LogP contribution in [-0.4, -0.2) is 27.3 Å². The van der Waals surface area contributed by atoms with Crippen molar-refractivity contribution in [1.82, 2.24) is 14.7 Å². The van der Waals surface area contributed by atoms with Gasteiger partial charge < -0.3 is 4.90 Å². The molecule has 6 nitrogen and oxygen atoms in total. The van der Waals surface area contributed by atoms with Crippen molar-refractivity contribution >= 4 is 11.8 Å². The average molecular weight is 338 g/mol. The third kappa shape index (κ3) is 2.71. The molecule has 0 radical (unpaired) electrons. The molecule has 1 aromatic carbocycles. The van der Waals surface area contributed by atoms with Crippen LogP contribution >= 0.6 is 0 Å². The molecule has 1 spiro atoms. The van der Waals surface area contributed by atoms with E-state index in [1.54, 1.807) is 13.1 Å². The predicted octanol–water partition coefficient (Wildman–Crippen LogP) is 2.93. The van der Waals surface area contributed by atoms with Crippen molar-refractivity contribution in [2.75, 3.05) is 11.9 Å². The standard InChI is InChI=1S/C19H22N4O2/c1-22-16(24)10-9-15(21-22)20-18(25)23-13-19(11-5-6-12-19)17(23)14-7-3-2-4-8-14/h2-4,7-10,17H,5-6,11-13H2,1H3,(H,20,21,25). The number of benzene rings is 1. The van der Waals surface area contributed by atoms with Gasteiger partial charge in [0.05, 0.1) is 6.04 Å². The van der Waals surface area contributed by atoms with E-state index in [1.807, 2.05) is 23.1 Å². The van der Waals surface area contributed by atoms with Gasteiger partial charge >= 0.3 is 6.03 Å². The Hall–Kier alpha value is -2.63. The summed E-state index contributed by atoms with van der Waals surface area (Å²) in [5.74, 6) is 0.395. The topological polar surface area (TPSA) is 67.2 Å². The molecular formula is C19H22N4O2. The maximum absolute atomic E-state index is 12.8. The lowest BCUT2D eigenvalue weighted by molar-refractivity contribution is -0.0353. The highest BCUT2D eigenvalue weighted by atomic mass is 16.2. The molecule has 1 aliphatic heterocycles. The van der Waals surface area contributed by atoms with Crippen molar-refractivity contribution in [2.45, 2.75) is 31.7 Å². The number of urea groups is 1. The minimum Gasteiger partial charge on any atom is -0.316 e. The van der Waals surface area contributed by atoms with E-state index in [9.17, 15) is 9.59 Å². The summed E-state index contributed by atoms with van der Waals surface area (Å²) in [6.45, 7) is 0.782. The number of amides is 2. The van der Waals surface area contributed by atoms with E-state index in [1.165, 1.54) is 42.0 Å². The second-order valence-electron chi connectivity index (χ2n) is 7.12. The number of aromatic nitrogens is 2. The molecule has 2 aromatic rings. The molecule has 1 saturated heterocycles. The van der Waals surface area contributed by atoms with Gasteiger partial charge in [-0.2, -0.15) is 5.10 Å². The number of aryl methyl sites for hydroxylation is 1. The average Bonchev–Trinajstić information content (AvgIpc) is 3.09. The minimum absolute atomic E-state index is 0.115. The largest absolute Gasteiger partial charge is 0.323 e. The molecule has 1 saturated carbocycles. The highest BCUT2D eigenvalue weighted by molar-refractivity contribution is 5.89. The van der Waals surface area contributed by atoms with Crippen LogP contribution in [0.25, 0.3) is 0 Å². The summed E-state index contributed by atoms with van der Waals surface area (Å²) in [5.41, 5.74) is 1.21. The van der Waals surface area contributed by atoms with E-state index in [2.05, 4.69) is 22.5 Å². The lowest BCUT2D eigenvalue weighted by atomic mass is 9.67. The van der Waals surface area contributed by atoms with Crippen LogP contribution in [0.3, 0.4) is 0 Å². The van der Waals surface area contributed by atoms with Crippen LogP contribution in [-0.2, 0) is 7.05 Å². The van der Waals surface area contributed by atoms with Gasteiger partial charge in [0.1, 0.15) is 0 Å². The minimum atomic E-state index is -0.200. The summed E-state index contributed by atoms with van der Waals surface area (Å²) in [7, 11) is 1.57. The van der Waals surface area contributed by atoms with E-state index in [0.29, 0.717) is 5.82 Å². The Kier molecular flexibility index (Phi) is 3.82. The molecule has 1 aliphatic carbocycles. The molecule has 1 N–H and O–H groups in total. The van der Waals surface area contributed by atoms with Crippen LogP contribution in [0.5, 0.6) is 0 Å². The summed E-state index contributed by atoms with van der Waals surface area (Å²) in [6.07, 6.45) is 4.82. The number of carbonyl (C=O) groups excluding carboxylic acids is 1. The first-order valence-corrected chi connectivity index (χ1v) is 8.76. The number of nitrogens with one attached hydrogen (secondary N) is 1. The van der Waals surface area contributed by atoms with Gasteiger partial charge in [0, 0.05) is 25.1 Å². The number of rotatable bonds is 2. The van der Waals surface area contributed by atoms with Crippen molar-refractivity contribution in [3.63, 3.8) is 0 Å². The first-order chi connectivity index (χ1) is 12.1. The SMILES string of the molecule is Cn1nc(NC(=O)N2CC3(CCCC3)C2c2ccccc2)ccc1=O. The third-order valence-corrected chi connectivity index (χ3v) is 5.55. The number of likely N-dealkylation sites (tertiary alicyclic amines) is 1. The van der Waals surface area contributed by atoms with Gasteiger partial charge in [0.25, 0.3) is 5.56 Å². The number of carbonyl (C=O) groups is 1. The Morgan fingerprint density at radius 1 is 1.16 bits per heavy atom.